The molecule has 0 aliphatic rings. The Bertz CT molecular complexity index is 2120. The number of aromatic nitrogens is 2. The van der Waals surface area contributed by atoms with Crippen LogP contribution in [0, 0.1) is 0 Å². The molecule has 7 nitrogen and oxygen atoms in total. The van der Waals surface area contributed by atoms with Gasteiger partial charge >= 0.3 is 5.97 Å². The largest absolute Gasteiger partial charge is 0.480 e. The molecule has 2 N–H and O–H groups in total. The minimum atomic E-state index is -0.787. The van der Waals surface area contributed by atoms with Crippen molar-refractivity contribution in [2.24, 2.45) is 0 Å². The Morgan fingerprint density at radius 1 is 0.653 bits per heavy atom. The number of carboxylic acids is 1. The molecule has 0 spiro atoms. The Morgan fingerprint density at radius 2 is 1.18 bits per heavy atom. The van der Waals surface area contributed by atoms with Crippen molar-refractivity contribution in [2.75, 3.05) is 41.3 Å². The Balaban J connectivity index is 0.000000190. The highest BCUT2D eigenvalue weighted by Gasteiger charge is 2.17. The van der Waals surface area contributed by atoms with Crippen LogP contribution in [0.15, 0.2) is 85.2 Å². The summed E-state index contributed by atoms with van der Waals surface area (Å²) in [5, 5.41) is 13.4. The summed E-state index contributed by atoms with van der Waals surface area (Å²) in [5.41, 5.74) is 5.70. The van der Waals surface area contributed by atoms with Crippen molar-refractivity contribution in [3.05, 3.63) is 115 Å². The van der Waals surface area contributed by atoms with Gasteiger partial charge in [-0.2, -0.15) is 0 Å². The minimum absolute atomic E-state index is 0.0152. The first-order chi connectivity index (χ1) is 23.1. The monoisotopic (exact) mass is 778 g/mol. The Kier molecular flexibility index (Phi) is 13.5. The number of nitrogens with zero attached hydrogens (tertiary/aromatic N) is 3. The van der Waals surface area contributed by atoms with Crippen molar-refractivity contribution in [1.29, 1.82) is 0 Å². The predicted molar refractivity (Wildman–Crippen MR) is 207 cm³/mol. The Hall–Kier alpha value is -3.24. The molecule has 4 aromatic carbocycles. The lowest BCUT2D eigenvalue weighted by Crippen LogP contribution is -2.25. The van der Waals surface area contributed by atoms with Crippen molar-refractivity contribution in [1.82, 2.24) is 19.4 Å². The highest BCUT2D eigenvalue weighted by Crippen LogP contribution is 2.36. The summed E-state index contributed by atoms with van der Waals surface area (Å²) < 4.78 is 1.66. The van der Waals surface area contributed by atoms with E-state index in [9.17, 15) is 9.59 Å². The molecule has 0 aliphatic carbocycles. The van der Waals surface area contributed by atoms with E-state index in [1.807, 2.05) is 79.9 Å². The molecular formula is C36H32Cl6N4O3. The summed E-state index contributed by atoms with van der Waals surface area (Å²) >= 11 is 36.3. The van der Waals surface area contributed by atoms with Gasteiger partial charge in [0, 0.05) is 49.9 Å². The molecule has 2 heterocycles. The van der Waals surface area contributed by atoms with Crippen molar-refractivity contribution in [2.45, 2.75) is 0 Å². The van der Waals surface area contributed by atoms with E-state index in [0.29, 0.717) is 36.7 Å². The molecule has 0 saturated heterocycles. The van der Waals surface area contributed by atoms with E-state index in [0.717, 1.165) is 44.1 Å². The normalized spacial score (nSPS) is 11.0. The zero-order chi connectivity index (χ0) is 36.0. The van der Waals surface area contributed by atoms with Crippen LogP contribution in [0.25, 0.3) is 44.1 Å². The summed E-state index contributed by atoms with van der Waals surface area (Å²) in [6, 6.07) is 22.2. The van der Waals surface area contributed by atoms with Crippen molar-refractivity contribution in [3.63, 3.8) is 0 Å². The van der Waals surface area contributed by atoms with Gasteiger partial charge in [0.1, 0.15) is 0 Å². The number of carbonyl (C=O) groups is 2. The lowest BCUT2D eigenvalue weighted by molar-refractivity contribution is -0.137. The van der Waals surface area contributed by atoms with Gasteiger partial charge in [-0.1, -0.05) is 81.7 Å². The zero-order valence-corrected chi connectivity index (χ0v) is 31.4. The maximum Gasteiger partial charge on any atom is 0.317 e. The van der Waals surface area contributed by atoms with Gasteiger partial charge in [-0.25, -0.2) is 0 Å². The number of fused-ring (bicyclic) bond motifs is 2. The first-order valence-corrected chi connectivity index (χ1v) is 16.9. The van der Waals surface area contributed by atoms with Gasteiger partial charge in [-0.3, -0.25) is 19.1 Å². The highest BCUT2D eigenvalue weighted by atomic mass is 35.5. The number of nitrogens with one attached hydrogen (secondary N) is 1. The number of carbonyl (C=O) groups excluding carboxylic acids is 1. The SMILES string of the molecule is CN(C)CC(=O)O.CN(C)CC(=O)n1cc(-c2ccc(Cl)c(Cl)c2)c2cc(Cl)ccc21.Clc1ccc2[nH]cc(-c3ccc(Cl)c(Cl)c3)c2c1. The highest BCUT2D eigenvalue weighted by molar-refractivity contribution is 6.42. The number of hydrogen-bond donors (Lipinski definition) is 2. The lowest BCUT2D eigenvalue weighted by atomic mass is 10.1. The number of hydrogen-bond acceptors (Lipinski definition) is 4. The topological polar surface area (TPSA) is 81.6 Å². The predicted octanol–water partition coefficient (Wildman–Crippen LogP) is 10.9. The third-order valence-corrected chi connectivity index (χ3v) is 8.99. The van der Waals surface area contributed by atoms with Crippen LogP contribution in [0.5, 0.6) is 0 Å². The first-order valence-electron chi connectivity index (χ1n) is 14.7. The van der Waals surface area contributed by atoms with Crippen molar-refractivity contribution in [3.8, 4) is 22.3 Å². The van der Waals surface area contributed by atoms with Gasteiger partial charge < -0.3 is 15.0 Å². The van der Waals surface area contributed by atoms with E-state index in [2.05, 4.69) is 4.98 Å². The fourth-order valence-electron chi connectivity index (χ4n) is 4.91. The first kappa shape index (κ1) is 38.6. The van der Waals surface area contributed by atoms with E-state index in [4.69, 9.17) is 74.7 Å². The van der Waals surface area contributed by atoms with Crippen LogP contribution < -0.4 is 0 Å². The van der Waals surface area contributed by atoms with Crippen molar-refractivity contribution < 1.29 is 14.7 Å². The number of rotatable bonds is 6. The average Bonchev–Trinajstić information content (AvgIpc) is 3.61. The second kappa shape index (κ2) is 17.1. The number of benzene rings is 4. The molecule has 49 heavy (non-hydrogen) atoms. The van der Waals surface area contributed by atoms with E-state index in [-0.39, 0.29) is 12.5 Å². The van der Waals surface area contributed by atoms with E-state index in [1.165, 1.54) is 0 Å². The van der Waals surface area contributed by atoms with Crippen LogP contribution in [-0.2, 0) is 4.79 Å². The number of H-pyrrole nitrogens is 1. The van der Waals surface area contributed by atoms with Crippen LogP contribution in [0.2, 0.25) is 30.1 Å². The number of halogens is 6. The molecule has 0 amide bonds. The molecule has 6 rings (SSSR count). The lowest BCUT2D eigenvalue weighted by Gasteiger charge is -2.09. The fourth-order valence-corrected chi connectivity index (χ4v) is 5.86. The van der Waals surface area contributed by atoms with E-state index < -0.39 is 5.97 Å². The number of likely N-dealkylation sites (N-methyl/N-ethyl adjacent to an activating group) is 2. The van der Waals surface area contributed by atoms with Gasteiger partial charge in [0.15, 0.2) is 0 Å². The summed E-state index contributed by atoms with van der Waals surface area (Å²) in [7, 11) is 7.16. The number of aliphatic carboxylic acids is 1. The Labute approximate surface area is 314 Å². The van der Waals surface area contributed by atoms with Crippen LogP contribution in [0.4, 0.5) is 0 Å². The van der Waals surface area contributed by atoms with Crippen LogP contribution in [0.1, 0.15) is 4.79 Å². The maximum absolute atomic E-state index is 12.6. The van der Waals surface area contributed by atoms with Gasteiger partial charge in [0.2, 0.25) is 5.91 Å². The summed E-state index contributed by atoms with van der Waals surface area (Å²) in [6.07, 6.45) is 3.77. The zero-order valence-electron chi connectivity index (χ0n) is 26.9. The third-order valence-electron chi connectivity index (χ3n) is 7.04. The molecule has 0 unspecified atom stereocenters. The van der Waals surface area contributed by atoms with Gasteiger partial charge in [0.05, 0.1) is 38.7 Å². The van der Waals surface area contributed by atoms with E-state index in [1.54, 1.807) is 47.8 Å². The minimum Gasteiger partial charge on any atom is -0.480 e. The molecule has 0 fully saturated rings. The second-order valence-electron chi connectivity index (χ2n) is 11.5. The molecule has 0 bridgehead atoms. The molecule has 13 heteroatoms. The Morgan fingerprint density at radius 3 is 1.69 bits per heavy atom. The molecule has 2 aromatic heterocycles. The molecular weight excluding hydrogens is 749 g/mol. The smallest absolute Gasteiger partial charge is 0.317 e. The average molecular weight is 781 g/mol. The molecule has 0 aliphatic heterocycles. The number of aromatic amines is 1. The molecule has 256 valence electrons. The van der Waals surface area contributed by atoms with E-state index >= 15 is 0 Å². The molecule has 6 aromatic rings. The van der Waals surface area contributed by atoms with Gasteiger partial charge in [-0.05, 0) is 100.0 Å². The summed E-state index contributed by atoms with van der Waals surface area (Å²) in [4.78, 5) is 29.0. The third kappa shape index (κ3) is 10.2. The molecule has 0 radical (unpaired) electrons. The van der Waals surface area contributed by atoms with Crippen molar-refractivity contribution >= 4 is 103 Å². The fraction of sp³-hybridized carbons (Fsp3) is 0.167. The standard InChI is InChI=1S/C18H15Cl3N2O.C14H8Cl3N.C4H9NO2/c1-22(2)10-18(24)23-9-14(11-3-5-15(20)16(21)7-11)13-8-12(19)4-6-17(13)23;15-9-2-4-14-10(6-9)11(7-18-14)8-1-3-12(16)13(17)5-8;1-5(2)3-4(6)7/h3-9H,10H2,1-2H3;1-7,18H;3H2,1-2H3,(H,6,7). The van der Waals surface area contributed by atoms with Crippen LogP contribution >= 0.6 is 69.6 Å². The molecule has 0 saturated carbocycles. The molecule has 0 atom stereocenters. The van der Waals surface area contributed by atoms with Gasteiger partial charge in [0.25, 0.3) is 0 Å². The number of carboxylic acid groups (broad SMARTS) is 1. The summed E-state index contributed by atoms with van der Waals surface area (Å²) in [6.45, 7) is 0.424. The summed E-state index contributed by atoms with van der Waals surface area (Å²) in [5.74, 6) is -0.802. The maximum atomic E-state index is 12.6. The quantitative estimate of drug-likeness (QED) is 0.176. The van der Waals surface area contributed by atoms with Crippen LogP contribution in [0.3, 0.4) is 0 Å². The van der Waals surface area contributed by atoms with Crippen LogP contribution in [-0.4, -0.2) is 77.6 Å². The van der Waals surface area contributed by atoms with Gasteiger partial charge in [-0.15, -0.1) is 0 Å². The second-order valence-corrected chi connectivity index (χ2v) is 14.0.